The number of nitrogens with zero attached hydrogens (tertiary/aromatic N) is 4. The van der Waals surface area contributed by atoms with Crippen molar-refractivity contribution in [3.63, 3.8) is 0 Å². The number of aromatic nitrogens is 3. The highest BCUT2D eigenvalue weighted by atomic mass is 32.1. The topological polar surface area (TPSA) is 76.5 Å². The number of carbonyl (C=O) groups excluding carboxylic acids is 1. The molecular weight excluding hydrogens is 262 g/mol. The van der Waals surface area contributed by atoms with Crippen LogP contribution in [-0.4, -0.2) is 43.5 Å². The third-order valence-electron chi connectivity index (χ3n) is 2.68. The van der Waals surface area contributed by atoms with Gasteiger partial charge >= 0.3 is 0 Å². The highest BCUT2D eigenvalue weighted by Gasteiger charge is 2.19. The van der Waals surface area contributed by atoms with Crippen molar-refractivity contribution < 1.29 is 4.79 Å². The Hall–Kier alpha value is -2.02. The van der Waals surface area contributed by atoms with E-state index in [-0.39, 0.29) is 12.5 Å². The molecular formula is C12H15N5OS. The van der Waals surface area contributed by atoms with E-state index in [4.69, 9.17) is 18.0 Å². The molecule has 2 heterocycles. The third-order valence-corrected chi connectivity index (χ3v) is 2.81. The van der Waals surface area contributed by atoms with Crippen LogP contribution in [0.5, 0.6) is 0 Å². The summed E-state index contributed by atoms with van der Waals surface area (Å²) in [7, 11) is 0. The maximum atomic E-state index is 12.5. The molecule has 0 radical (unpaired) electrons. The Balaban J connectivity index is 2.33. The summed E-state index contributed by atoms with van der Waals surface area (Å²) in [6, 6.07) is 0. The number of amides is 1. The second kappa shape index (κ2) is 5.75. The number of carbonyl (C=O) groups is 1. The third kappa shape index (κ3) is 2.87. The van der Waals surface area contributed by atoms with Crippen LogP contribution in [0.25, 0.3) is 5.52 Å². The van der Waals surface area contributed by atoms with Crippen LogP contribution in [-0.2, 0) is 0 Å². The fourth-order valence-corrected chi connectivity index (χ4v) is 2.04. The van der Waals surface area contributed by atoms with E-state index >= 15 is 0 Å². The number of fused-ring (bicyclic) bond motifs is 1. The SMILES string of the molecule is CCCN(CC(N)=S)C(=O)c1cnn2ccncc12. The molecule has 0 aliphatic rings. The van der Waals surface area contributed by atoms with E-state index in [0.29, 0.717) is 22.6 Å². The standard InChI is InChI=1S/C12H15N5OS/c1-2-4-16(8-11(13)19)12(18)9-6-15-17-5-3-14-7-10(9)17/h3,5-7H,2,4,8H2,1H3,(H2,13,19). The molecule has 2 rings (SSSR count). The Kier molecular flexibility index (Phi) is 4.06. The van der Waals surface area contributed by atoms with Crippen LogP contribution in [0, 0.1) is 0 Å². The van der Waals surface area contributed by atoms with Gasteiger partial charge in [0.1, 0.15) is 0 Å². The van der Waals surface area contributed by atoms with Crippen LogP contribution < -0.4 is 5.73 Å². The normalized spacial score (nSPS) is 10.6. The monoisotopic (exact) mass is 277 g/mol. The van der Waals surface area contributed by atoms with Crippen molar-refractivity contribution in [2.24, 2.45) is 5.73 Å². The Morgan fingerprint density at radius 3 is 3.00 bits per heavy atom. The number of hydrogen-bond donors (Lipinski definition) is 1. The van der Waals surface area contributed by atoms with Crippen molar-refractivity contribution in [3.05, 3.63) is 30.4 Å². The van der Waals surface area contributed by atoms with E-state index < -0.39 is 0 Å². The van der Waals surface area contributed by atoms with E-state index in [1.54, 1.807) is 34.2 Å². The second-order valence-electron chi connectivity index (χ2n) is 4.16. The molecule has 0 unspecified atom stereocenters. The summed E-state index contributed by atoms with van der Waals surface area (Å²) < 4.78 is 1.62. The van der Waals surface area contributed by atoms with E-state index in [0.717, 1.165) is 6.42 Å². The lowest BCUT2D eigenvalue weighted by Crippen LogP contribution is -2.38. The first-order valence-electron chi connectivity index (χ1n) is 5.98. The lowest BCUT2D eigenvalue weighted by atomic mass is 10.2. The van der Waals surface area contributed by atoms with Gasteiger partial charge in [-0.15, -0.1) is 0 Å². The highest BCUT2D eigenvalue weighted by molar-refractivity contribution is 7.80. The van der Waals surface area contributed by atoms with Crippen molar-refractivity contribution in [1.82, 2.24) is 19.5 Å². The van der Waals surface area contributed by atoms with Gasteiger partial charge in [0.15, 0.2) is 0 Å². The zero-order valence-corrected chi connectivity index (χ0v) is 11.4. The summed E-state index contributed by atoms with van der Waals surface area (Å²) in [6.07, 6.45) is 7.31. The molecule has 0 saturated heterocycles. The van der Waals surface area contributed by atoms with Crippen molar-refractivity contribution in [2.45, 2.75) is 13.3 Å². The first-order chi connectivity index (χ1) is 9.13. The molecule has 0 atom stereocenters. The minimum Gasteiger partial charge on any atom is -0.392 e. The fraction of sp³-hybridized carbons (Fsp3) is 0.333. The van der Waals surface area contributed by atoms with Crippen LogP contribution in [0.3, 0.4) is 0 Å². The highest BCUT2D eigenvalue weighted by Crippen LogP contribution is 2.12. The molecule has 2 N–H and O–H groups in total. The van der Waals surface area contributed by atoms with Gasteiger partial charge < -0.3 is 10.6 Å². The predicted molar refractivity (Wildman–Crippen MR) is 76.0 cm³/mol. The van der Waals surface area contributed by atoms with Crippen molar-refractivity contribution in [2.75, 3.05) is 13.1 Å². The first kappa shape index (κ1) is 13.4. The van der Waals surface area contributed by atoms with Gasteiger partial charge in [0.2, 0.25) is 0 Å². The maximum Gasteiger partial charge on any atom is 0.258 e. The van der Waals surface area contributed by atoms with Crippen LogP contribution >= 0.6 is 12.2 Å². The Bertz CT molecular complexity index is 609. The number of rotatable bonds is 5. The second-order valence-corrected chi connectivity index (χ2v) is 4.68. The van der Waals surface area contributed by atoms with Gasteiger partial charge in [-0.25, -0.2) is 4.52 Å². The number of thiocarbonyl (C=S) groups is 1. The summed E-state index contributed by atoms with van der Waals surface area (Å²) in [5.74, 6) is -0.127. The molecule has 0 saturated carbocycles. The molecule has 2 aromatic heterocycles. The van der Waals surface area contributed by atoms with Gasteiger partial charge in [-0.05, 0) is 6.42 Å². The molecule has 7 heteroatoms. The van der Waals surface area contributed by atoms with Gasteiger partial charge in [0.25, 0.3) is 5.91 Å². The van der Waals surface area contributed by atoms with E-state index in [2.05, 4.69) is 10.1 Å². The molecule has 0 aliphatic heterocycles. The van der Waals surface area contributed by atoms with E-state index in [1.807, 2.05) is 6.92 Å². The van der Waals surface area contributed by atoms with Crippen LogP contribution in [0.1, 0.15) is 23.7 Å². The zero-order chi connectivity index (χ0) is 13.8. The summed E-state index contributed by atoms with van der Waals surface area (Å²) in [5, 5.41) is 4.13. The molecule has 2 aromatic rings. The lowest BCUT2D eigenvalue weighted by Gasteiger charge is -2.20. The number of nitrogens with two attached hydrogens (primary N) is 1. The van der Waals surface area contributed by atoms with Crippen molar-refractivity contribution in [3.8, 4) is 0 Å². The summed E-state index contributed by atoms with van der Waals surface area (Å²) in [4.78, 5) is 18.4. The Labute approximate surface area is 116 Å². The lowest BCUT2D eigenvalue weighted by molar-refractivity contribution is 0.0782. The molecule has 0 bridgehead atoms. The molecule has 0 fully saturated rings. The molecule has 100 valence electrons. The molecule has 0 spiro atoms. The van der Waals surface area contributed by atoms with Gasteiger partial charge in [-0.1, -0.05) is 19.1 Å². The van der Waals surface area contributed by atoms with Crippen molar-refractivity contribution in [1.29, 1.82) is 0 Å². The van der Waals surface area contributed by atoms with Gasteiger partial charge in [0.05, 0.1) is 35.0 Å². The summed E-state index contributed by atoms with van der Waals surface area (Å²) in [5.41, 5.74) is 6.72. The van der Waals surface area contributed by atoms with Crippen LogP contribution in [0.4, 0.5) is 0 Å². The van der Waals surface area contributed by atoms with Crippen LogP contribution in [0.15, 0.2) is 24.8 Å². The minimum atomic E-state index is -0.127. The average molecular weight is 277 g/mol. The molecule has 6 nitrogen and oxygen atoms in total. The average Bonchev–Trinajstić information content (AvgIpc) is 2.80. The quantitative estimate of drug-likeness (QED) is 0.821. The molecule has 1 amide bonds. The molecule has 19 heavy (non-hydrogen) atoms. The molecule has 0 aliphatic carbocycles. The van der Waals surface area contributed by atoms with E-state index in [9.17, 15) is 4.79 Å². The zero-order valence-electron chi connectivity index (χ0n) is 10.6. The summed E-state index contributed by atoms with van der Waals surface area (Å²) >= 11 is 4.88. The van der Waals surface area contributed by atoms with Crippen molar-refractivity contribution >= 4 is 28.6 Å². The fourth-order valence-electron chi connectivity index (χ4n) is 1.88. The van der Waals surface area contributed by atoms with Gasteiger partial charge in [-0.2, -0.15) is 5.10 Å². The minimum absolute atomic E-state index is 0.127. The first-order valence-corrected chi connectivity index (χ1v) is 6.39. The smallest absolute Gasteiger partial charge is 0.258 e. The predicted octanol–water partition coefficient (Wildman–Crippen LogP) is 0.868. The van der Waals surface area contributed by atoms with Gasteiger partial charge in [-0.3, -0.25) is 9.78 Å². The maximum absolute atomic E-state index is 12.5. The Morgan fingerprint density at radius 2 is 2.32 bits per heavy atom. The van der Waals surface area contributed by atoms with E-state index in [1.165, 1.54) is 0 Å². The van der Waals surface area contributed by atoms with Crippen LogP contribution in [0.2, 0.25) is 0 Å². The summed E-state index contributed by atoms with van der Waals surface area (Å²) in [6.45, 7) is 2.88. The Morgan fingerprint density at radius 1 is 1.53 bits per heavy atom. The number of hydrogen-bond acceptors (Lipinski definition) is 4. The van der Waals surface area contributed by atoms with Gasteiger partial charge in [0, 0.05) is 18.9 Å². The molecule has 0 aromatic carbocycles. The largest absolute Gasteiger partial charge is 0.392 e.